The van der Waals surface area contributed by atoms with Crippen LogP contribution in [0.1, 0.15) is 12.8 Å². The van der Waals surface area contributed by atoms with Crippen molar-refractivity contribution in [3.63, 3.8) is 0 Å². The van der Waals surface area contributed by atoms with Crippen molar-refractivity contribution in [1.29, 1.82) is 0 Å². The zero-order valence-electron chi connectivity index (χ0n) is 11.3. The third kappa shape index (κ3) is 3.39. The van der Waals surface area contributed by atoms with Gasteiger partial charge in [0.2, 0.25) is 10.0 Å². The third-order valence-corrected chi connectivity index (χ3v) is 5.97. The first-order valence-electron chi connectivity index (χ1n) is 6.55. The minimum absolute atomic E-state index is 0.135. The van der Waals surface area contributed by atoms with Crippen LogP contribution in [0.3, 0.4) is 0 Å². The van der Waals surface area contributed by atoms with Crippen LogP contribution in [-0.4, -0.2) is 39.4 Å². The number of hydrogen-bond donors (Lipinski definition) is 1. The molecule has 1 unspecified atom stereocenters. The van der Waals surface area contributed by atoms with Crippen LogP contribution in [-0.2, 0) is 10.0 Å². The van der Waals surface area contributed by atoms with Crippen LogP contribution in [0.2, 0.25) is 0 Å². The van der Waals surface area contributed by atoms with Gasteiger partial charge in [-0.25, -0.2) is 12.8 Å². The molecule has 1 atom stereocenters. The summed E-state index contributed by atoms with van der Waals surface area (Å²) >= 11 is 3.03. The number of hydrogen-bond acceptors (Lipinski definition) is 3. The van der Waals surface area contributed by atoms with Crippen molar-refractivity contribution in [2.45, 2.75) is 17.7 Å². The molecule has 2 rings (SSSR count). The second kappa shape index (κ2) is 6.51. The Balaban J connectivity index is 2.23. The van der Waals surface area contributed by atoms with Crippen molar-refractivity contribution in [2.75, 3.05) is 26.7 Å². The van der Waals surface area contributed by atoms with Gasteiger partial charge in [-0.05, 0) is 66.5 Å². The molecule has 0 saturated carbocycles. The fraction of sp³-hybridized carbons (Fsp3) is 0.538. The van der Waals surface area contributed by atoms with E-state index in [0.29, 0.717) is 19.0 Å². The number of benzene rings is 1. The number of nitrogens with zero attached hydrogens (tertiary/aromatic N) is 1. The molecular formula is C13H18BrFN2O2S. The average molecular weight is 365 g/mol. The van der Waals surface area contributed by atoms with Crippen LogP contribution in [0.5, 0.6) is 0 Å². The van der Waals surface area contributed by atoms with Crippen LogP contribution in [0.15, 0.2) is 27.6 Å². The van der Waals surface area contributed by atoms with Crippen LogP contribution in [0.4, 0.5) is 4.39 Å². The maximum atomic E-state index is 13.2. The van der Waals surface area contributed by atoms with Gasteiger partial charge in [-0.2, -0.15) is 4.31 Å². The molecule has 0 amide bonds. The number of nitrogens with one attached hydrogen (secondary N) is 1. The van der Waals surface area contributed by atoms with E-state index in [-0.39, 0.29) is 9.37 Å². The van der Waals surface area contributed by atoms with Gasteiger partial charge in [0.05, 0.1) is 9.37 Å². The lowest BCUT2D eigenvalue weighted by Gasteiger charge is -2.31. The quantitative estimate of drug-likeness (QED) is 0.890. The summed E-state index contributed by atoms with van der Waals surface area (Å²) in [4.78, 5) is 0.135. The van der Waals surface area contributed by atoms with Gasteiger partial charge in [0.15, 0.2) is 0 Å². The van der Waals surface area contributed by atoms with Gasteiger partial charge in [0.25, 0.3) is 0 Å². The molecule has 0 radical (unpaired) electrons. The third-order valence-electron chi connectivity index (χ3n) is 3.50. The highest BCUT2D eigenvalue weighted by atomic mass is 79.9. The molecule has 0 aliphatic carbocycles. The van der Waals surface area contributed by atoms with E-state index in [1.54, 1.807) is 0 Å². The van der Waals surface area contributed by atoms with E-state index in [2.05, 4.69) is 21.2 Å². The van der Waals surface area contributed by atoms with E-state index >= 15 is 0 Å². The maximum Gasteiger partial charge on any atom is 0.243 e. The van der Waals surface area contributed by atoms with E-state index < -0.39 is 15.8 Å². The van der Waals surface area contributed by atoms with E-state index in [0.717, 1.165) is 19.4 Å². The van der Waals surface area contributed by atoms with Crippen molar-refractivity contribution in [3.8, 4) is 0 Å². The van der Waals surface area contributed by atoms with Crippen LogP contribution < -0.4 is 5.32 Å². The Morgan fingerprint density at radius 1 is 1.50 bits per heavy atom. The maximum absolute atomic E-state index is 13.2. The molecule has 20 heavy (non-hydrogen) atoms. The predicted octanol–water partition coefficient (Wildman–Crippen LogP) is 2.21. The van der Waals surface area contributed by atoms with E-state index in [4.69, 9.17) is 0 Å². The van der Waals surface area contributed by atoms with E-state index in [1.165, 1.54) is 22.5 Å². The normalized spacial score (nSPS) is 21.1. The van der Waals surface area contributed by atoms with Crippen LogP contribution in [0.25, 0.3) is 0 Å². The molecule has 0 spiro atoms. The second-order valence-corrected chi connectivity index (χ2v) is 7.80. The first kappa shape index (κ1) is 15.9. The summed E-state index contributed by atoms with van der Waals surface area (Å²) in [5.41, 5.74) is 0. The molecule has 4 nitrogen and oxygen atoms in total. The Morgan fingerprint density at radius 3 is 2.90 bits per heavy atom. The molecule has 1 saturated heterocycles. The molecule has 1 aliphatic rings. The molecule has 7 heteroatoms. The number of halogens is 2. The zero-order chi connectivity index (χ0) is 14.8. The average Bonchev–Trinajstić information content (AvgIpc) is 2.42. The van der Waals surface area contributed by atoms with Gasteiger partial charge in [-0.3, -0.25) is 0 Å². The number of sulfonamides is 1. The number of rotatable bonds is 4. The Morgan fingerprint density at radius 2 is 2.25 bits per heavy atom. The van der Waals surface area contributed by atoms with Gasteiger partial charge in [-0.15, -0.1) is 0 Å². The molecule has 0 bridgehead atoms. The van der Waals surface area contributed by atoms with Crippen molar-refractivity contribution in [3.05, 3.63) is 28.5 Å². The van der Waals surface area contributed by atoms with Gasteiger partial charge in [0.1, 0.15) is 5.82 Å². The fourth-order valence-corrected chi connectivity index (χ4v) is 4.60. The van der Waals surface area contributed by atoms with Gasteiger partial charge in [0, 0.05) is 13.1 Å². The predicted molar refractivity (Wildman–Crippen MR) is 79.5 cm³/mol. The molecule has 1 N–H and O–H groups in total. The molecule has 1 aliphatic heterocycles. The SMILES string of the molecule is CNCC1CCCN(S(=O)(=O)c2ccc(F)c(Br)c2)C1. The lowest BCUT2D eigenvalue weighted by molar-refractivity contribution is 0.263. The largest absolute Gasteiger partial charge is 0.319 e. The van der Waals surface area contributed by atoms with Crippen molar-refractivity contribution < 1.29 is 12.8 Å². The summed E-state index contributed by atoms with van der Waals surface area (Å²) in [5, 5.41) is 3.09. The summed E-state index contributed by atoms with van der Waals surface area (Å²) in [6, 6.07) is 3.81. The topological polar surface area (TPSA) is 49.4 Å². The molecular weight excluding hydrogens is 347 g/mol. The fourth-order valence-electron chi connectivity index (χ4n) is 2.49. The van der Waals surface area contributed by atoms with Crippen molar-refractivity contribution in [2.24, 2.45) is 5.92 Å². The smallest absolute Gasteiger partial charge is 0.243 e. The standard InChI is InChI=1S/C13H18BrFN2O2S/c1-16-8-10-3-2-6-17(9-10)20(18,19)11-4-5-13(15)12(14)7-11/h4-5,7,10,16H,2-3,6,8-9H2,1H3. The summed E-state index contributed by atoms with van der Waals surface area (Å²) in [7, 11) is -1.68. The summed E-state index contributed by atoms with van der Waals surface area (Å²) in [6.07, 6.45) is 1.88. The highest BCUT2D eigenvalue weighted by Gasteiger charge is 2.30. The Bertz CT molecular complexity index is 578. The minimum atomic E-state index is -3.54. The first-order chi connectivity index (χ1) is 9.45. The second-order valence-electron chi connectivity index (χ2n) is 5.00. The molecule has 1 fully saturated rings. The highest BCUT2D eigenvalue weighted by Crippen LogP contribution is 2.26. The van der Waals surface area contributed by atoms with Gasteiger partial charge in [-0.1, -0.05) is 0 Å². The summed E-state index contributed by atoms with van der Waals surface area (Å²) < 4.78 is 40.0. The van der Waals surface area contributed by atoms with E-state index in [9.17, 15) is 12.8 Å². The Kier molecular flexibility index (Phi) is 5.17. The van der Waals surface area contributed by atoms with Crippen molar-refractivity contribution >= 4 is 26.0 Å². The lowest BCUT2D eigenvalue weighted by atomic mass is 10.00. The number of piperidine rings is 1. The summed E-state index contributed by atoms with van der Waals surface area (Å²) in [6.45, 7) is 1.84. The van der Waals surface area contributed by atoms with E-state index in [1.807, 2.05) is 7.05 Å². The molecule has 112 valence electrons. The molecule has 1 aromatic rings. The Hall–Kier alpha value is -0.500. The minimum Gasteiger partial charge on any atom is -0.319 e. The Labute approximate surface area is 127 Å². The molecule has 1 aromatic carbocycles. The van der Waals surface area contributed by atoms with Gasteiger partial charge >= 0.3 is 0 Å². The van der Waals surface area contributed by atoms with Crippen LogP contribution >= 0.6 is 15.9 Å². The highest BCUT2D eigenvalue weighted by molar-refractivity contribution is 9.10. The van der Waals surface area contributed by atoms with Crippen molar-refractivity contribution in [1.82, 2.24) is 9.62 Å². The summed E-state index contributed by atoms with van der Waals surface area (Å²) in [5.74, 6) is -0.136. The molecule has 0 aromatic heterocycles. The van der Waals surface area contributed by atoms with Gasteiger partial charge < -0.3 is 5.32 Å². The molecule has 1 heterocycles. The monoisotopic (exact) mass is 364 g/mol. The van der Waals surface area contributed by atoms with Crippen LogP contribution in [0, 0.1) is 11.7 Å². The lowest BCUT2D eigenvalue weighted by Crippen LogP contribution is -2.42. The zero-order valence-corrected chi connectivity index (χ0v) is 13.7. The first-order valence-corrected chi connectivity index (χ1v) is 8.78.